The van der Waals surface area contributed by atoms with E-state index < -0.39 is 5.91 Å². The van der Waals surface area contributed by atoms with Crippen molar-refractivity contribution in [3.63, 3.8) is 0 Å². The molecule has 0 unspecified atom stereocenters. The minimum atomic E-state index is -0.480. The van der Waals surface area contributed by atoms with E-state index in [4.69, 9.17) is 9.05 Å². The van der Waals surface area contributed by atoms with Crippen LogP contribution in [0.15, 0.2) is 50.2 Å². The highest BCUT2D eigenvalue weighted by molar-refractivity contribution is 5.91. The van der Waals surface area contributed by atoms with Gasteiger partial charge < -0.3 is 14.4 Å². The summed E-state index contributed by atoms with van der Waals surface area (Å²) in [4.78, 5) is 23.3. The van der Waals surface area contributed by atoms with Crippen LogP contribution in [0.3, 0.4) is 0 Å². The lowest BCUT2D eigenvalue weighted by Gasteiger charge is -2.01. The number of aryl methyl sites for hydroxylation is 1. The minimum absolute atomic E-state index is 0.0399. The maximum Gasteiger partial charge on any atom is 0.290 e. The van der Waals surface area contributed by atoms with Gasteiger partial charge in [-0.1, -0.05) is 35.5 Å². The minimum Gasteiger partial charge on any atom is -0.371 e. The van der Waals surface area contributed by atoms with Crippen LogP contribution in [0.4, 0.5) is 0 Å². The van der Waals surface area contributed by atoms with Crippen molar-refractivity contribution in [3.05, 3.63) is 63.8 Å². The molecule has 3 rings (SSSR count). The zero-order valence-electron chi connectivity index (χ0n) is 12.7. The molecule has 0 atom stereocenters. The molecular weight excluding hydrogens is 298 g/mol. The summed E-state index contributed by atoms with van der Waals surface area (Å²) in [6.45, 7) is 2.06. The van der Waals surface area contributed by atoms with Gasteiger partial charge in [0, 0.05) is 18.2 Å². The van der Waals surface area contributed by atoms with Crippen molar-refractivity contribution in [2.45, 2.75) is 13.5 Å². The predicted molar refractivity (Wildman–Crippen MR) is 81.8 cm³/mol. The highest BCUT2D eigenvalue weighted by Gasteiger charge is 2.16. The van der Waals surface area contributed by atoms with Crippen molar-refractivity contribution in [2.75, 3.05) is 0 Å². The lowest BCUT2D eigenvalue weighted by molar-refractivity contribution is 0.0900. The van der Waals surface area contributed by atoms with Gasteiger partial charge in [-0.3, -0.25) is 9.59 Å². The van der Waals surface area contributed by atoms with Gasteiger partial charge in [0.25, 0.3) is 11.5 Å². The number of nitrogens with one attached hydrogen (secondary N) is 1. The second kappa shape index (κ2) is 5.96. The van der Waals surface area contributed by atoms with Gasteiger partial charge >= 0.3 is 0 Å². The Morgan fingerprint density at radius 2 is 2.04 bits per heavy atom. The molecule has 0 bridgehead atoms. The maximum absolute atomic E-state index is 12.0. The number of nitrogens with zero attached hydrogens (tertiary/aromatic N) is 2. The van der Waals surface area contributed by atoms with E-state index in [2.05, 4.69) is 10.5 Å². The number of hydrogen-bond acceptors (Lipinski definition) is 5. The van der Waals surface area contributed by atoms with E-state index in [9.17, 15) is 9.59 Å². The van der Waals surface area contributed by atoms with Crippen molar-refractivity contribution >= 4 is 5.91 Å². The summed E-state index contributed by atoms with van der Waals surface area (Å²) >= 11 is 0. The average molecular weight is 313 g/mol. The summed E-state index contributed by atoms with van der Waals surface area (Å²) in [7, 11) is 1.44. The van der Waals surface area contributed by atoms with Crippen LogP contribution in [0.25, 0.3) is 11.3 Å². The second-order valence-corrected chi connectivity index (χ2v) is 5.07. The smallest absolute Gasteiger partial charge is 0.290 e. The van der Waals surface area contributed by atoms with Crippen LogP contribution < -0.4 is 10.9 Å². The van der Waals surface area contributed by atoms with Crippen LogP contribution in [0, 0.1) is 6.92 Å². The van der Waals surface area contributed by atoms with Gasteiger partial charge in [0.15, 0.2) is 5.76 Å². The Kier molecular flexibility index (Phi) is 3.84. The number of rotatable bonds is 4. The molecule has 0 spiro atoms. The van der Waals surface area contributed by atoms with E-state index in [1.165, 1.54) is 7.05 Å². The Morgan fingerprint density at radius 3 is 2.70 bits per heavy atom. The second-order valence-electron chi connectivity index (χ2n) is 5.07. The van der Waals surface area contributed by atoms with Gasteiger partial charge in [-0.2, -0.15) is 4.74 Å². The molecule has 0 aliphatic heterocycles. The Morgan fingerprint density at radius 1 is 1.30 bits per heavy atom. The van der Waals surface area contributed by atoms with E-state index in [1.807, 2.05) is 37.3 Å². The molecule has 3 aromatic rings. The zero-order chi connectivity index (χ0) is 16.4. The van der Waals surface area contributed by atoms with E-state index in [0.717, 1.165) is 21.9 Å². The first kappa shape index (κ1) is 14.8. The highest BCUT2D eigenvalue weighted by atomic mass is 16.5. The van der Waals surface area contributed by atoms with Crippen LogP contribution >= 0.6 is 0 Å². The number of hydrogen-bond donors (Lipinski definition) is 1. The third kappa shape index (κ3) is 2.94. The first-order chi connectivity index (χ1) is 11.1. The van der Waals surface area contributed by atoms with E-state index in [1.54, 1.807) is 0 Å². The fraction of sp³-hybridized carbons (Fsp3) is 0.188. The molecule has 1 aromatic carbocycles. The largest absolute Gasteiger partial charge is 0.371 e. The molecule has 0 saturated heterocycles. The molecule has 0 aliphatic carbocycles. The fourth-order valence-electron chi connectivity index (χ4n) is 2.17. The molecule has 7 heteroatoms. The molecule has 118 valence electrons. The Hall–Kier alpha value is -3.09. The van der Waals surface area contributed by atoms with Gasteiger partial charge in [0.2, 0.25) is 5.76 Å². The van der Waals surface area contributed by atoms with Crippen molar-refractivity contribution in [2.24, 2.45) is 7.05 Å². The first-order valence-electron chi connectivity index (χ1n) is 7.02. The number of amides is 1. The topological polar surface area (TPSA) is 90.3 Å². The van der Waals surface area contributed by atoms with Gasteiger partial charge in [0.1, 0.15) is 5.69 Å². The number of carbonyl (C=O) groups excluding carboxylic acids is 1. The van der Waals surface area contributed by atoms with Crippen molar-refractivity contribution in [3.8, 4) is 11.3 Å². The molecule has 7 nitrogen and oxygen atoms in total. The highest BCUT2D eigenvalue weighted by Crippen LogP contribution is 2.25. The summed E-state index contributed by atoms with van der Waals surface area (Å²) < 4.78 is 11.4. The molecular formula is C16H15N3O4. The van der Waals surface area contributed by atoms with Crippen LogP contribution in [0.5, 0.6) is 0 Å². The van der Waals surface area contributed by atoms with Crippen molar-refractivity contribution in [1.82, 2.24) is 15.2 Å². The van der Waals surface area contributed by atoms with Gasteiger partial charge in [-0.25, -0.2) is 0 Å². The molecule has 2 heterocycles. The molecule has 2 aromatic heterocycles. The van der Waals surface area contributed by atoms with Crippen LogP contribution in [-0.2, 0) is 13.6 Å². The quantitative estimate of drug-likeness (QED) is 0.794. The number of carbonyl (C=O) groups is 1. The maximum atomic E-state index is 12.0. The fourth-order valence-corrected chi connectivity index (χ4v) is 2.17. The van der Waals surface area contributed by atoms with Crippen molar-refractivity contribution < 1.29 is 13.8 Å². The average Bonchev–Trinajstić information content (AvgIpc) is 3.09. The van der Waals surface area contributed by atoms with E-state index in [-0.39, 0.29) is 17.9 Å². The summed E-state index contributed by atoms with van der Waals surface area (Å²) in [5.74, 6) is 0.148. The normalized spacial score (nSPS) is 10.7. The number of benzene rings is 1. The first-order valence-corrected chi connectivity index (χ1v) is 7.02. The molecule has 0 radical (unpaired) electrons. The lowest BCUT2D eigenvalue weighted by Crippen LogP contribution is -2.23. The van der Waals surface area contributed by atoms with Crippen LogP contribution in [0.1, 0.15) is 21.8 Å². The van der Waals surface area contributed by atoms with Crippen LogP contribution in [0.2, 0.25) is 0 Å². The molecule has 0 saturated carbocycles. The third-order valence-electron chi connectivity index (χ3n) is 3.50. The molecule has 23 heavy (non-hydrogen) atoms. The van der Waals surface area contributed by atoms with Gasteiger partial charge in [-0.15, -0.1) is 0 Å². The SMILES string of the molecule is Cc1c(CNC(=O)c2cc(=O)n(C)o2)noc1-c1ccccc1. The third-order valence-corrected chi connectivity index (χ3v) is 3.50. The van der Waals surface area contributed by atoms with Crippen LogP contribution in [-0.4, -0.2) is 15.8 Å². The molecule has 0 fully saturated rings. The Balaban J connectivity index is 1.73. The summed E-state index contributed by atoms with van der Waals surface area (Å²) in [6.07, 6.45) is 0. The Labute approximate surface area is 131 Å². The summed E-state index contributed by atoms with van der Waals surface area (Å²) in [5, 5.41) is 6.65. The standard InChI is InChI=1S/C16H15N3O4/c1-10-12(18-22-15(10)11-6-4-3-5-7-11)9-17-16(21)13-8-14(20)19(2)23-13/h3-8H,9H2,1-2H3,(H,17,21). The summed E-state index contributed by atoms with van der Waals surface area (Å²) in [5.41, 5.74) is 2.02. The predicted octanol–water partition coefficient (Wildman–Crippen LogP) is 1.87. The van der Waals surface area contributed by atoms with E-state index in [0.29, 0.717) is 11.5 Å². The van der Waals surface area contributed by atoms with E-state index >= 15 is 0 Å². The van der Waals surface area contributed by atoms with Crippen molar-refractivity contribution in [1.29, 1.82) is 0 Å². The lowest BCUT2D eigenvalue weighted by atomic mass is 10.1. The number of aromatic nitrogens is 2. The molecule has 1 N–H and O–H groups in total. The Bertz CT molecular complexity index is 890. The zero-order valence-corrected chi connectivity index (χ0v) is 12.7. The monoisotopic (exact) mass is 313 g/mol. The molecule has 0 aliphatic rings. The van der Waals surface area contributed by atoms with Gasteiger partial charge in [-0.05, 0) is 6.92 Å². The molecule has 1 amide bonds. The summed E-state index contributed by atoms with van der Waals surface area (Å²) in [6, 6.07) is 10.7. The van der Waals surface area contributed by atoms with Gasteiger partial charge in [0.05, 0.1) is 12.6 Å².